The van der Waals surface area contributed by atoms with Crippen LogP contribution in [0.3, 0.4) is 0 Å². The molecule has 0 aliphatic heterocycles. The number of oxime groups is 1. The zero-order valence-electron chi connectivity index (χ0n) is 20.0. The number of ether oxygens (including phenoxy) is 3. The molecule has 176 valence electrons. The van der Waals surface area contributed by atoms with Crippen LogP contribution in [0.4, 0.5) is 0 Å². The van der Waals surface area contributed by atoms with E-state index < -0.39 is 0 Å². The molecule has 0 aliphatic carbocycles. The van der Waals surface area contributed by atoms with Gasteiger partial charge in [-0.25, -0.2) is 0 Å². The minimum absolute atomic E-state index is 0.475. The Morgan fingerprint density at radius 2 is 1.62 bits per heavy atom. The summed E-state index contributed by atoms with van der Waals surface area (Å²) >= 11 is 0. The van der Waals surface area contributed by atoms with Gasteiger partial charge in [0.2, 0.25) is 0 Å². The van der Waals surface area contributed by atoms with Gasteiger partial charge >= 0.3 is 0 Å². The fourth-order valence-corrected chi connectivity index (χ4v) is 3.23. The molecule has 0 atom stereocenters. The highest BCUT2D eigenvalue weighted by Crippen LogP contribution is 2.28. The zero-order valence-corrected chi connectivity index (χ0v) is 20.0. The van der Waals surface area contributed by atoms with E-state index in [1.165, 1.54) is 7.11 Å². The third kappa shape index (κ3) is 8.65. The predicted molar refractivity (Wildman–Crippen MR) is 126 cm³/mol. The van der Waals surface area contributed by atoms with E-state index >= 15 is 0 Å². The molecule has 0 radical (unpaired) electrons. The summed E-state index contributed by atoms with van der Waals surface area (Å²) in [5.74, 6) is 2.87. The van der Waals surface area contributed by atoms with Crippen molar-refractivity contribution in [2.75, 3.05) is 26.9 Å². The lowest BCUT2D eigenvalue weighted by molar-refractivity contribution is 0.212. The van der Waals surface area contributed by atoms with Gasteiger partial charge in [-0.3, -0.25) is 0 Å². The standard InChI is InChI=1S/C25H36N2O5/c1-6-7-13-29-22-16-19(2)25(20(3)17-22)31-15-12-10-8-9-11-14-30-24-18-23(32-27-24)21(4)26-28-5/h6-7,16-18H,8-15H2,1-5H3/b7-6+,26-21?. The average molecular weight is 445 g/mol. The molecule has 0 N–H and O–H groups in total. The molecule has 1 aromatic carbocycles. The Labute approximate surface area is 191 Å². The van der Waals surface area contributed by atoms with E-state index in [1.54, 1.807) is 13.0 Å². The number of hydrogen-bond acceptors (Lipinski definition) is 7. The van der Waals surface area contributed by atoms with Gasteiger partial charge in [0, 0.05) is 0 Å². The lowest BCUT2D eigenvalue weighted by Gasteiger charge is -2.14. The molecule has 0 fully saturated rings. The van der Waals surface area contributed by atoms with Gasteiger partial charge in [0.25, 0.3) is 5.88 Å². The summed E-state index contributed by atoms with van der Waals surface area (Å²) in [4.78, 5) is 4.72. The van der Waals surface area contributed by atoms with Crippen molar-refractivity contribution < 1.29 is 23.6 Å². The smallest absolute Gasteiger partial charge is 0.254 e. The number of allylic oxidation sites excluding steroid dienone is 1. The predicted octanol–water partition coefficient (Wildman–Crippen LogP) is 6.03. The Hall–Kier alpha value is -2.96. The van der Waals surface area contributed by atoms with Crippen molar-refractivity contribution in [1.82, 2.24) is 5.16 Å². The van der Waals surface area contributed by atoms with Gasteiger partial charge in [-0.05, 0) is 69.0 Å². The van der Waals surface area contributed by atoms with Crippen LogP contribution in [0.5, 0.6) is 17.4 Å². The van der Waals surface area contributed by atoms with Gasteiger partial charge in [-0.1, -0.05) is 36.6 Å². The minimum Gasteiger partial charge on any atom is -0.493 e. The Morgan fingerprint density at radius 3 is 2.28 bits per heavy atom. The molecule has 7 nitrogen and oxygen atoms in total. The number of nitrogens with zero attached hydrogens (tertiary/aromatic N) is 2. The second-order valence-corrected chi connectivity index (χ2v) is 7.62. The quantitative estimate of drug-likeness (QED) is 0.145. The van der Waals surface area contributed by atoms with Gasteiger partial charge in [0.15, 0.2) is 5.76 Å². The van der Waals surface area contributed by atoms with Crippen LogP contribution in [0.25, 0.3) is 0 Å². The largest absolute Gasteiger partial charge is 0.493 e. The van der Waals surface area contributed by atoms with Crippen LogP contribution in [0.15, 0.2) is 40.0 Å². The molecule has 0 amide bonds. The van der Waals surface area contributed by atoms with Crippen molar-refractivity contribution in [2.45, 2.75) is 59.8 Å². The molecular weight excluding hydrogens is 408 g/mol. The van der Waals surface area contributed by atoms with Crippen LogP contribution in [0.1, 0.15) is 62.8 Å². The van der Waals surface area contributed by atoms with Crippen molar-refractivity contribution in [3.8, 4) is 17.4 Å². The number of unbranched alkanes of at least 4 members (excludes halogenated alkanes) is 4. The van der Waals surface area contributed by atoms with Crippen LogP contribution in [-0.4, -0.2) is 37.8 Å². The molecule has 0 bridgehead atoms. The number of benzene rings is 1. The summed E-state index contributed by atoms with van der Waals surface area (Å²) < 4.78 is 22.6. The summed E-state index contributed by atoms with van der Waals surface area (Å²) in [5.41, 5.74) is 2.84. The first-order chi connectivity index (χ1) is 15.5. The number of rotatable bonds is 15. The van der Waals surface area contributed by atoms with Crippen LogP contribution in [0, 0.1) is 13.8 Å². The second kappa shape index (κ2) is 14.2. The molecule has 2 rings (SSSR count). The first-order valence-corrected chi connectivity index (χ1v) is 11.2. The highest BCUT2D eigenvalue weighted by Gasteiger charge is 2.09. The van der Waals surface area contributed by atoms with Crippen LogP contribution < -0.4 is 14.2 Å². The molecule has 1 heterocycles. The summed E-state index contributed by atoms with van der Waals surface area (Å²) in [6.45, 7) is 9.83. The molecule has 0 saturated carbocycles. The fourth-order valence-electron chi connectivity index (χ4n) is 3.23. The highest BCUT2D eigenvalue weighted by atomic mass is 16.6. The van der Waals surface area contributed by atoms with Gasteiger partial charge < -0.3 is 23.6 Å². The Balaban J connectivity index is 1.57. The van der Waals surface area contributed by atoms with Gasteiger partial charge in [-0.15, -0.1) is 0 Å². The second-order valence-electron chi connectivity index (χ2n) is 7.62. The van der Waals surface area contributed by atoms with E-state index in [0.717, 1.165) is 61.3 Å². The van der Waals surface area contributed by atoms with Crippen molar-refractivity contribution in [3.05, 3.63) is 47.2 Å². The van der Waals surface area contributed by atoms with Crippen molar-refractivity contribution in [1.29, 1.82) is 0 Å². The average Bonchev–Trinajstić information content (AvgIpc) is 3.23. The Kier molecular flexibility index (Phi) is 11.2. The van der Waals surface area contributed by atoms with Crippen LogP contribution >= 0.6 is 0 Å². The number of aryl methyl sites for hydroxylation is 2. The molecule has 0 aliphatic rings. The minimum atomic E-state index is 0.475. The van der Waals surface area contributed by atoms with Crippen LogP contribution in [0.2, 0.25) is 0 Å². The fraction of sp³-hybridized carbons (Fsp3) is 0.520. The zero-order chi connectivity index (χ0) is 23.2. The summed E-state index contributed by atoms with van der Waals surface area (Å²) in [6.07, 6.45) is 9.36. The Bertz CT molecular complexity index is 850. The van der Waals surface area contributed by atoms with E-state index in [1.807, 2.05) is 31.2 Å². The summed E-state index contributed by atoms with van der Waals surface area (Å²) in [7, 11) is 1.49. The first kappa shape index (κ1) is 25.3. The monoisotopic (exact) mass is 444 g/mol. The third-order valence-corrected chi connectivity index (χ3v) is 4.87. The van der Waals surface area contributed by atoms with Crippen molar-refractivity contribution >= 4 is 5.71 Å². The van der Waals surface area contributed by atoms with E-state index in [4.69, 9.17) is 23.6 Å². The van der Waals surface area contributed by atoms with E-state index in [2.05, 4.69) is 24.2 Å². The maximum Gasteiger partial charge on any atom is 0.254 e. The number of hydrogen-bond donors (Lipinski definition) is 0. The van der Waals surface area contributed by atoms with Crippen molar-refractivity contribution in [3.63, 3.8) is 0 Å². The first-order valence-electron chi connectivity index (χ1n) is 11.2. The molecular formula is C25H36N2O5. The van der Waals surface area contributed by atoms with Gasteiger partial charge in [0.05, 0.1) is 19.3 Å². The highest BCUT2D eigenvalue weighted by molar-refractivity contribution is 5.95. The third-order valence-electron chi connectivity index (χ3n) is 4.87. The molecule has 0 unspecified atom stereocenters. The SMILES string of the molecule is C/C=C/COc1cc(C)c(OCCCCCCCOc2cc(C(C)=NOC)on2)c(C)c1. The lowest BCUT2D eigenvalue weighted by atomic mass is 10.1. The van der Waals surface area contributed by atoms with Crippen LogP contribution in [-0.2, 0) is 4.84 Å². The molecule has 0 spiro atoms. The topological polar surface area (TPSA) is 75.3 Å². The Morgan fingerprint density at radius 1 is 0.969 bits per heavy atom. The molecule has 2 aromatic rings. The van der Waals surface area contributed by atoms with Crippen molar-refractivity contribution in [2.24, 2.45) is 5.16 Å². The molecule has 7 heteroatoms. The number of aromatic nitrogens is 1. The lowest BCUT2D eigenvalue weighted by Crippen LogP contribution is -2.02. The van der Waals surface area contributed by atoms with Gasteiger partial charge in [-0.2, -0.15) is 0 Å². The summed E-state index contributed by atoms with van der Waals surface area (Å²) in [5, 5.41) is 7.69. The normalized spacial score (nSPS) is 11.7. The molecule has 32 heavy (non-hydrogen) atoms. The van der Waals surface area contributed by atoms with E-state index in [9.17, 15) is 0 Å². The van der Waals surface area contributed by atoms with Gasteiger partial charge in [0.1, 0.15) is 30.9 Å². The summed E-state index contributed by atoms with van der Waals surface area (Å²) in [6, 6.07) is 5.80. The maximum atomic E-state index is 6.04. The molecule has 0 saturated heterocycles. The maximum absolute atomic E-state index is 6.04. The van der Waals surface area contributed by atoms with E-state index in [0.29, 0.717) is 30.6 Å². The molecule has 1 aromatic heterocycles. The van der Waals surface area contributed by atoms with E-state index in [-0.39, 0.29) is 0 Å².